The Morgan fingerprint density at radius 1 is 1.18 bits per heavy atom. The fourth-order valence-corrected chi connectivity index (χ4v) is 2.20. The molecule has 3 heteroatoms. The van der Waals surface area contributed by atoms with Gasteiger partial charge in [0.1, 0.15) is 6.26 Å². The number of hydrogen-bond acceptors (Lipinski definition) is 3. The van der Waals surface area contributed by atoms with Gasteiger partial charge in [-0.05, 0) is 38.9 Å². The van der Waals surface area contributed by atoms with E-state index in [1.807, 2.05) is 7.05 Å². The molecule has 0 aliphatic carbocycles. The van der Waals surface area contributed by atoms with Crippen LogP contribution < -0.4 is 5.32 Å². The van der Waals surface area contributed by atoms with E-state index < -0.39 is 0 Å². The second-order valence-corrected chi connectivity index (χ2v) is 4.45. The lowest BCUT2D eigenvalue weighted by molar-refractivity contribution is 0.570. The third kappa shape index (κ3) is 2.39. The van der Waals surface area contributed by atoms with Gasteiger partial charge in [-0.15, -0.1) is 0 Å². The summed E-state index contributed by atoms with van der Waals surface area (Å²) < 4.78 is 5.55. The van der Waals surface area contributed by atoms with Crippen molar-refractivity contribution in [3.8, 4) is 11.5 Å². The second-order valence-electron chi connectivity index (χ2n) is 4.45. The number of nitrogens with zero attached hydrogens (tertiary/aromatic N) is 1. The number of aromatic nitrogens is 1. The van der Waals surface area contributed by atoms with Crippen molar-refractivity contribution in [2.75, 3.05) is 7.05 Å². The number of rotatable bonds is 3. The van der Waals surface area contributed by atoms with Gasteiger partial charge in [0.15, 0.2) is 0 Å². The molecule has 1 heterocycles. The van der Waals surface area contributed by atoms with Crippen molar-refractivity contribution < 1.29 is 4.42 Å². The molecule has 1 aromatic heterocycles. The maximum Gasteiger partial charge on any atom is 0.226 e. The van der Waals surface area contributed by atoms with Crippen molar-refractivity contribution in [3.05, 3.63) is 40.8 Å². The summed E-state index contributed by atoms with van der Waals surface area (Å²) in [7, 11) is 1.90. The molecule has 2 rings (SSSR count). The molecule has 0 amide bonds. The van der Waals surface area contributed by atoms with Crippen LogP contribution in [-0.2, 0) is 6.54 Å². The molecular formula is C14H18N2O. The monoisotopic (exact) mass is 230 g/mol. The summed E-state index contributed by atoms with van der Waals surface area (Å²) in [6.45, 7) is 7.02. The predicted molar refractivity (Wildman–Crippen MR) is 68.9 cm³/mol. The van der Waals surface area contributed by atoms with Crippen LogP contribution in [0.4, 0.5) is 0 Å². The Kier molecular flexibility index (Phi) is 3.29. The quantitative estimate of drug-likeness (QED) is 0.880. The lowest BCUT2D eigenvalue weighted by atomic mass is 10.00. The topological polar surface area (TPSA) is 38.1 Å². The standard InChI is InChI=1S/C14H18N2O/c1-9-5-10(2)13(11(3)6-9)14-16-12(7-15-4)8-17-14/h5-6,8,15H,7H2,1-4H3. The zero-order chi connectivity index (χ0) is 12.4. The Labute approximate surface area is 102 Å². The molecule has 0 aliphatic rings. The zero-order valence-electron chi connectivity index (χ0n) is 10.8. The third-order valence-electron chi connectivity index (χ3n) is 2.80. The molecule has 0 unspecified atom stereocenters. The maximum absolute atomic E-state index is 5.55. The van der Waals surface area contributed by atoms with Crippen LogP contribution in [-0.4, -0.2) is 12.0 Å². The summed E-state index contributed by atoms with van der Waals surface area (Å²) in [5.74, 6) is 0.713. The van der Waals surface area contributed by atoms with Gasteiger partial charge in [0, 0.05) is 12.1 Å². The van der Waals surface area contributed by atoms with Crippen molar-refractivity contribution in [2.24, 2.45) is 0 Å². The third-order valence-corrected chi connectivity index (χ3v) is 2.80. The Bertz CT molecular complexity index is 506. The van der Waals surface area contributed by atoms with Crippen LogP contribution >= 0.6 is 0 Å². The predicted octanol–water partition coefficient (Wildman–Crippen LogP) is 2.99. The molecule has 17 heavy (non-hydrogen) atoms. The number of benzene rings is 1. The van der Waals surface area contributed by atoms with Crippen molar-refractivity contribution in [2.45, 2.75) is 27.3 Å². The normalized spacial score (nSPS) is 10.8. The first-order valence-corrected chi connectivity index (χ1v) is 5.79. The molecule has 0 saturated carbocycles. The molecule has 0 radical (unpaired) electrons. The van der Waals surface area contributed by atoms with Crippen LogP contribution in [0.5, 0.6) is 0 Å². The Morgan fingerprint density at radius 3 is 2.41 bits per heavy atom. The first kappa shape index (κ1) is 11.9. The zero-order valence-corrected chi connectivity index (χ0v) is 10.8. The Balaban J connectivity index is 2.45. The van der Waals surface area contributed by atoms with Gasteiger partial charge in [-0.3, -0.25) is 0 Å². The molecule has 0 saturated heterocycles. The highest BCUT2D eigenvalue weighted by Crippen LogP contribution is 2.27. The van der Waals surface area contributed by atoms with Crippen LogP contribution in [0.2, 0.25) is 0 Å². The summed E-state index contributed by atoms with van der Waals surface area (Å²) in [5.41, 5.74) is 5.73. The number of nitrogens with one attached hydrogen (secondary N) is 1. The highest BCUT2D eigenvalue weighted by molar-refractivity contribution is 5.64. The highest BCUT2D eigenvalue weighted by atomic mass is 16.3. The highest BCUT2D eigenvalue weighted by Gasteiger charge is 2.12. The summed E-state index contributed by atoms with van der Waals surface area (Å²) in [5, 5.41) is 3.06. The van der Waals surface area contributed by atoms with Crippen LogP contribution in [0, 0.1) is 20.8 Å². The van der Waals surface area contributed by atoms with E-state index in [2.05, 4.69) is 43.2 Å². The Hall–Kier alpha value is -1.61. The molecule has 0 spiro atoms. The van der Waals surface area contributed by atoms with Crippen molar-refractivity contribution in [1.82, 2.24) is 10.3 Å². The largest absolute Gasteiger partial charge is 0.444 e. The lowest BCUT2D eigenvalue weighted by Gasteiger charge is -2.07. The van der Waals surface area contributed by atoms with E-state index in [0.29, 0.717) is 5.89 Å². The fourth-order valence-electron chi connectivity index (χ4n) is 2.20. The van der Waals surface area contributed by atoms with Crippen LogP contribution in [0.1, 0.15) is 22.4 Å². The molecule has 3 nitrogen and oxygen atoms in total. The van der Waals surface area contributed by atoms with Gasteiger partial charge in [-0.2, -0.15) is 0 Å². The summed E-state index contributed by atoms with van der Waals surface area (Å²) in [6, 6.07) is 4.31. The first-order valence-electron chi connectivity index (χ1n) is 5.79. The molecule has 0 bridgehead atoms. The number of oxazole rings is 1. The van der Waals surface area contributed by atoms with Gasteiger partial charge in [0.2, 0.25) is 5.89 Å². The summed E-state index contributed by atoms with van der Waals surface area (Å²) >= 11 is 0. The van der Waals surface area contributed by atoms with Crippen molar-refractivity contribution in [3.63, 3.8) is 0 Å². The minimum absolute atomic E-state index is 0.713. The van der Waals surface area contributed by atoms with E-state index in [-0.39, 0.29) is 0 Å². The second kappa shape index (κ2) is 4.72. The smallest absolute Gasteiger partial charge is 0.226 e. The van der Waals surface area contributed by atoms with Crippen molar-refractivity contribution >= 4 is 0 Å². The van der Waals surface area contributed by atoms with E-state index in [4.69, 9.17) is 4.42 Å². The van der Waals surface area contributed by atoms with Gasteiger partial charge < -0.3 is 9.73 Å². The van der Waals surface area contributed by atoms with E-state index >= 15 is 0 Å². The minimum Gasteiger partial charge on any atom is -0.444 e. The minimum atomic E-state index is 0.713. The molecule has 0 aliphatic heterocycles. The van der Waals surface area contributed by atoms with Gasteiger partial charge in [-0.1, -0.05) is 17.7 Å². The van der Waals surface area contributed by atoms with Crippen LogP contribution in [0.3, 0.4) is 0 Å². The summed E-state index contributed by atoms with van der Waals surface area (Å²) in [4.78, 5) is 4.49. The number of aryl methyl sites for hydroxylation is 3. The van der Waals surface area contributed by atoms with E-state index in [1.165, 1.54) is 16.7 Å². The molecule has 90 valence electrons. The van der Waals surface area contributed by atoms with Gasteiger partial charge >= 0.3 is 0 Å². The summed E-state index contributed by atoms with van der Waals surface area (Å²) in [6.07, 6.45) is 1.71. The SMILES string of the molecule is CNCc1coc(-c2c(C)cc(C)cc2C)n1. The van der Waals surface area contributed by atoms with E-state index in [0.717, 1.165) is 17.8 Å². The van der Waals surface area contributed by atoms with Gasteiger partial charge in [0.25, 0.3) is 0 Å². The average Bonchev–Trinajstić information content (AvgIpc) is 2.65. The molecule has 0 fully saturated rings. The molecule has 1 N–H and O–H groups in total. The van der Waals surface area contributed by atoms with Crippen LogP contribution in [0.25, 0.3) is 11.5 Å². The van der Waals surface area contributed by atoms with Crippen molar-refractivity contribution in [1.29, 1.82) is 0 Å². The lowest BCUT2D eigenvalue weighted by Crippen LogP contribution is -2.05. The van der Waals surface area contributed by atoms with Gasteiger partial charge in [0.05, 0.1) is 5.69 Å². The van der Waals surface area contributed by atoms with E-state index in [9.17, 15) is 0 Å². The molecule has 0 atom stereocenters. The molecule has 1 aromatic carbocycles. The van der Waals surface area contributed by atoms with E-state index in [1.54, 1.807) is 6.26 Å². The maximum atomic E-state index is 5.55. The van der Waals surface area contributed by atoms with Crippen LogP contribution in [0.15, 0.2) is 22.8 Å². The fraction of sp³-hybridized carbons (Fsp3) is 0.357. The molecule has 2 aromatic rings. The van der Waals surface area contributed by atoms with Gasteiger partial charge in [-0.25, -0.2) is 4.98 Å². The molecular weight excluding hydrogens is 212 g/mol. The average molecular weight is 230 g/mol. The number of hydrogen-bond donors (Lipinski definition) is 1. The Morgan fingerprint density at radius 2 is 1.82 bits per heavy atom. The first-order chi connectivity index (χ1) is 8.11.